The Morgan fingerprint density at radius 2 is 1.95 bits per heavy atom. The molecule has 0 heterocycles. The molecule has 1 aromatic carbocycles. The highest BCUT2D eigenvalue weighted by Crippen LogP contribution is 2.19. The summed E-state index contributed by atoms with van der Waals surface area (Å²) in [5.74, 6) is 0. The minimum atomic E-state index is -0.384. The third-order valence-corrected chi connectivity index (χ3v) is 3.00. The maximum absolute atomic E-state index is 10.6. The van der Waals surface area contributed by atoms with Gasteiger partial charge in [0.2, 0.25) is 0 Å². The van der Waals surface area contributed by atoms with Gasteiger partial charge in [-0.3, -0.25) is 10.1 Å². The van der Waals surface area contributed by atoms with E-state index in [2.05, 4.69) is 11.4 Å². The second kappa shape index (κ2) is 6.00. The van der Waals surface area contributed by atoms with Crippen molar-refractivity contribution in [2.45, 2.75) is 19.4 Å². The third kappa shape index (κ3) is 3.55. The van der Waals surface area contributed by atoms with Crippen molar-refractivity contribution in [1.29, 1.82) is 0 Å². The van der Waals surface area contributed by atoms with Gasteiger partial charge in [-0.1, -0.05) is 36.4 Å². The van der Waals surface area contributed by atoms with Gasteiger partial charge in [0, 0.05) is 30.3 Å². The molecule has 1 aliphatic carbocycles. The van der Waals surface area contributed by atoms with E-state index in [9.17, 15) is 10.1 Å². The molecular formula is C15H16N2O2. The zero-order valence-corrected chi connectivity index (χ0v) is 10.7. The zero-order chi connectivity index (χ0) is 13.7. The Balaban J connectivity index is 2.05. The van der Waals surface area contributed by atoms with Crippen LogP contribution in [0.4, 0.5) is 5.69 Å². The van der Waals surface area contributed by atoms with Crippen LogP contribution in [0.3, 0.4) is 0 Å². The molecule has 0 saturated carbocycles. The molecule has 4 nitrogen and oxygen atoms in total. The Bertz CT molecular complexity index is 542. The lowest BCUT2D eigenvalue weighted by Gasteiger charge is -2.17. The van der Waals surface area contributed by atoms with Crippen LogP contribution in [-0.2, 0) is 0 Å². The predicted octanol–water partition coefficient (Wildman–Crippen LogP) is 3.65. The highest BCUT2D eigenvalue weighted by Gasteiger charge is 2.09. The minimum absolute atomic E-state index is 0.118. The summed E-state index contributed by atoms with van der Waals surface area (Å²) in [6.45, 7) is 2.04. The summed E-state index contributed by atoms with van der Waals surface area (Å²) >= 11 is 0. The number of hydrogen-bond donors (Lipinski definition) is 1. The minimum Gasteiger partial charge on any atom is -0.382 e. The average Bonchev–Trinajstić information content (AvgIpc) is 2.67. The van der Waals surface area contributed by atoms with Crippen LogP contribution in [-0.4, -0.2) is 4.92 Å². The van der Waals surface area contributed by atoms with Crippen molar-refractivity contribution >= 4 is 5.69 Å². The number of nitrogens with zero attached hydrogens (tertiary/aromatic N) is 1. The van der Waals surface area contributed by atoms with E-state index in [1.807, 2.05) is 31.2 Å². The highest BCUT2D eigenvalue weighted by atomic mass is 16.6. The molecule has 1 atom stereocenters. The fraction of sp³-hybridized carbons (Fsp3) is 0.200. The first-order valence-electron chi connectivity index (χ1n) is 6.20. The predicted molar refractivity (Wildman–Crippen MR) is 75.6 cm³/mol. The van der Waals surface area contributed by atoms with Crippen LogP contribution in [0.25, 0.3) is 0 Å². The molecule has 0 radical (unpaired) electrons. The van der Waals surface area contributed by atoms with Crippen LogP contribution in [0, 0.1) is 10.1 Å². The van der Waals surface area contributed by atoms with E-state index in [0.717, 1.165) is 17.7 Å². The van der Waals surface area contributed by atoms with Crippen molar-refractivity contribution in [3.8, 4) is 0 Å². The standard InChI is InChI=1S/C15H16N2O2/c1-12(16-14-6-4-2-3-5-7-14)13-8-10-15(11-9-13)17(18)19/h2-6,8-12,16H,7H2,1H3. The van der Waals surface area contributed by atoms with Gasteiger partial charge in [0.15, 0.2) is 0 Å². The number of nitrogens with one attached hydrogen (secondary N) is 1. The molecule has 1 unspecified atom stereocenters. The third-order valence-electron chi connectivity index (χ3n) is 3.00. The molecular weight excluding hydrogens is 240 g/mol. The molecule has 98 valence electrons. The van der Waals surface area contributed by atoms with Crippen molar-refractivity contribution in [1.82, 2.24) is 5.32 Å². The molecule has 1 N–H and O–H groups in total. The molecule has 1 aromatic rings. The molecule has 2 rings (SSSR count). The molecule has 1 aliphatic rings. The number of nitro groups is 1. The van der Waals surface area contributed by atoms with E-state index in [4.69, 9.17) is 0 Å². The molecule has 0 bridgehead atoms. The van der Waals surface area contributed by atoms with Gasteiger partial charge >= 0.3 is 0 Å². The Kier molecular flexibility index (Phi) is 4.13. The summed E-state index contributed by atoms with van der Waals surface area (Å²) in [6.07, 6.45) is 11.0. The van der Waals surface area contributed by atoms with Crippen LogP contribution in [0.5, 0.6) is 0 Å². The van der Waals surface area contributed by atoms with Gasteiger partial charge in [0.05, 0.1) is 4.92 Å². The molecule has 0 aromatic heterocycles. The number of hydrogen-bond acceptors (Lipinski definition) is 3. The first kappa shape index (κ1) is 13.1. The van der Waals surface area contributed by atoms with E-state index in [1.54, 1.807) is 12.1 Å². The Hall–Kier alpha value is -2.36. The van der Waals surface area contributed by atoms with Crippen molar-refractivity contribution < 1.29 is 4.92 Å². The molecule has 0 amide bonds. The fourth-order valence-corrected chi connectivity index (χ4v) is 1.93. The van der Waals surface area contributed by atoms with E-state index in [0.29, 0.717) is 0 Å². The van der Waals surface area contributed by atoms with E-state index in [1.165, 1.54) is 12.1 Å². The summed E-state index contributed by atoms with van der Waals surface area (Å²) in [4.78, 5) is 10.2. The lowest BCUT2D eigenvalue weighted by atomic mass is 10.1. The van der Waals surface area contributed by atoms with Crippen molar-refractivity contribution in [3.63, 3.8) is 0 Å². The van der Waals surface area contributed by atoms with Crippen LogP contribution in [0.2, 0.25) is 0 Å². The van der Waals surface area contributed by atoms with Crippen molar-refractivity contribution in [2.75, 3.05) is 0 Å². The maximum atomic E-state index is 10.6. The Morgan fingerprint density at radius 3 is 2.63 bits per heavy atom. The quantitative estimate of drug-likeness (QED) is 0.661. The Labute approximate surface area is 112 Å². The lowest BCUT2D eigenvalue weighted by molar-refractivity contribution is -0.384. The van der Waals surface area contributed by atoms with Crippen molar-refractivity contribution in [3.05, 3.63) is 76.0 Å². The average molecular weight is 256 g/mol. The van der Waals surface area contributed by atoms with Crippen LogP contribution < -0.4 is 5.32 Å². The van der Waals surface area contributed by atoms with Gasteiger partial charge in [-0.2, -0.15) is 0 Å². The first-order valence-corrected chi connectivity index (χ1v) is 6.20. The van der Waals surface area contributed by atoms with Gasteiger partial charge in [-0.25, -0.2) is 0 Å². The van der Waals surface area contributed by atoms with E-state index in [-0.39, 0.29) is 16.7 Å². The monoisotopic (exact) mass is 256 g/mol. The number of non-ortho nitro benzene ring substituents is 1. The normalized spacial score (nSPS) is 15.5. The van der Waals surface area contributed by atoms with Gasteiger partial charge in [0.25, 0.3) is 5.69 Å². The van der Waals surface area contributed by atoms with Crippen molar-refractivity contribution in [2.24, 2.45) is 0 Å². The van der Waals surface area contributed by atoms with Gasteiger partial charge in [-0.05, 0) is 18.6 Å². The molecule has 4 heteroatoms. The number of rotatable bonds is 4. The van der Waals surface area contributed by atoms with E-state index >= 15 is 0 Å². The highest BCUT2D eigenvalue weighted by molar-refractivity contribution is 5.34. The van der Waals surface area contributed by atoms with Gasteiger partial charge in [-0.15, -0.1) is 0 Å². The summed E-state index contributed by atoms with van der Waals surface area (Å²) < 4.78 is 0. The number of nitro benzene ring substituents is 1. The smallest absolute Gasteiger partial charge is 0.269 e. The Morgan fingerprint density at radius 1 is 1.21 bits per heavy atom. The summed E-state index contributed by atoms with van der Waals surface area (Å²) in [5.41, 5.74) is 2.29. The zero-order valence-electron chi connectivity index (χ0n) is 10.7. The van der Waals surface area contributed by atoms with Crippen LogP contribution >= 0.6 is 0 Å². The second-order valence-electron chi connectivity index (χ2n) is 4.42. The summed E-state index contributed by atoms with van der Waals surface area (Å²) in [6, 6.07) is 6.77. The molecule has 0 aliphatic heterocycles. The second-order valence-corrected chi connectivity index (χ2v) is 4.42. The lowest BCUT2D eigenvalue weighted by Crippen LogP contribution is -2.17. The SMILES string of the molecule is CC(NC1=CC=CC=CC1)c1ccc([N+](=O)[O-])cc1. The fourth-order valence-electron chi connectivity index (χ4n) is 1.93. The molecule has 0 fully saturated rings. The van der Waals surface area contributed by atoms with Gasteiger partial charge in [0.1, 0.15) is 0 Å². The largest absolute Gasteiger partial charge is 0.382 e. The number of benzene rings is 1. The molecule has 0 saturated heterocycles. The summed E-state index contributed by atoms with van der Waals surface area (Å²) in [5, 5.41) is 14.0. The van der Waals surface area contributed by atoms with Crippen LogP contribution in [0.15, 0.2) is 60.3 Å². The summed E-state index contributed by atoms with van der Waals surface area (Å²) in [7, 11) is 0. The van der Waals surface area contributed by atoms with E-state index < -0.39 is 0 Å². The van der Waals surface area contributed by atoms with Crippen LogP contribution in [0.1, 0.15) is 24.9 Å². The van der Waals surface area contributed by atoms with Gasteiger partial charge < -0.3 is 5.32 Å². The topological polar surface area (TPSA) is 55.2 Å². The number of allylic oxidation sites excluding steroid dienone is 5. The maximum Gasteiger partial charge on any atom is 0.269 e. The molecule has 19 heavy (non-hydrogen) atoms. The molecule has 0 spiro atoms. The first-order chi connectivity index (χ1) is 9.16.